The van der Waals surface area contributed by atoms with Gasteiger partial charge in [-0.2, -0.15) is 0 Å². The molecular formula is C20H20N6O. The Kier molecular flexibility index (Phi) is 4.42. The molecule has 136 valence electrons. The van der Waals surface area contributed by atoms with Crippen LogP contribution >= 0.6 is 0 Å². The summed E-state index contributed by atoms with van der Waals surface area (Å²) in [5, 5.41) is 11.2. The van der Waals surface area contributed by atoms with Gasteiger partial charge in [-0.15, -0.1) is 10.2 Å². The predicted molar refractivity (Wildman–Crippen MR) is 101 cm³/mol. The van der Waals surface area contributed by atoms with Gasteiger partial charge in [0.1, 0.15) is 0 Å². The van der Waals surface area contributed by atoms with Crippen molar-refractivity contribution < 1.29 is 4.79 Å². The highest BCUT2D eigenvalue weighted by atomic mass is 16.1. The maximum absolute atomic E-state index is 12.7. The highest BCUT2D eigenvalue weighted by Gasteiger charge is 2.16. The number of fused-ring (bicyclic) bond motifs is 1. The molecule has 1 amide bonds. The molecule has 4 aromatic rings. The van der Waals surface area contributed by atoms with Gasteiger partial charge in [-0.05, 0) is 44.2 Å². The van der Waals surface area contributed by atoms with Gasteiger partial charge in [-0.1, -0.05) is 12.1 Å². The van der Waals surface area contributed by atoms with Gasteiger partial charge in [0, 0.05) is 23.8 Å². The van der Waals surface area contributed by atoms with Crippen LogP contribution in [0.4, 0.5) is 0 Å². The van der Waals surface area contributed by atoms with Crippen molar-refractivity contribution in [1.29, 1.82) is 0 Å². The number of aryl methyl sites for hydroxylation is 1. The molecule has 4 aromatic heterocycles. The van der Waals surface area contributed by atoms with Crippen molar-refractivity contribution in [3.05, 3.63) is 83.3 Å². The van der Waals surface area contributed by atoms with E-state index in [4.69, 9.17) is 0 Å². The first-order valence-corrected chi connectivity index (χ1v) is 8.77. The minimum absolute atomic E-state index is 0.122. The number of carbonyl (C=O) groups excluding carboxylic acids is 1. The lowest BCUT2D eigenvalue weighted by Crippen LogP contribution is -2.24. The topological polar surface area (TPSA) is 77.1 Å². The second-order valence-corrected chi connectivity index (χ2v) is 6.42. The van der Waals surface area contributed by atoms with Gasteiger partial charge in [-0.3, -0.25) is 14.2 Å². The van der Waals surface area contributed by atoms with E-state index < -0.39 is 0 Å². The molecule has 0 saturated heterocycles. The van der Waals surface area contributed by atoms with E-state index in [2.05, 4.69) is 25.1 Å². The molecule has 0 spiro atoms. The van der Waals surface area contributed by atoms with Crippen LogP contribution in [0, 0.1) is 13.8 Å². The van der Waals surface area contributed by atoms with Crippen LogP contribution < -0.4 is 5.32 Å². The van der Waals surface area contributed by atoms with Gasteiger partial charge < -0.3 is 9.88 Å². The second kappa shape index (κ2) is 7.03. The number of hydrogen-bond donors (Lipinski definition) is 1. The second-order valence-electron chi connectivity index (χ2n) is 6.42. The molecule has 0 unspecified atom stereocenters. The Bertz CT molecular complexity index is 1100. The summed E-state index contributed by atoms with van der Waals surface area (Å²) < 4.78 is 3.97. The normalized spacial score (nSPS) is 11.0. The fourth-order valence-electron chi connectivity index (χ4n) is 3.19. The van der Waals surface area contributed by atoms with Gasteiger partial charge in [0.05, 0.1) is 24.3 Å². The fourth-order valence-corrected chi connectivity index (χ4v) is 3.19. The Morgan fingerprint density at radius 2 is 1.96 bits per heavy atom. The zero-order chi connectivity index (χ0) is 18.8. The third-order valence-electron chi connectivity index (χ3n) is 4.66. The van der Waals surface area contributed by atoms with Crippen LogP contribution in [-0.4, -0.2) is 30.1 Å². The fraction of sp³-hybridized carbons (Fsp3) is 0.200. The lowest BCUT2D eigenvalue weighted by Gasteiger charge is -2.09. The van der Waals surface area contributed by atoms with Crippen molar-refractivity contribution >= 4 is 11.6 Å². The monoisotopic (exact) mass is 360 g/mol. The lowest BCUT2D eigenvalue weighted by atomic mass is 10.2. The van der Waals surface area contributed by atoms with E-state index in [9.17, 15) is 4.79 Å². The molecule has 0 aliphatic heterocycles. The third-order valence-corrected chi connectivity index (χ3v) is 4.66. The van der Waals surface area contributed by atoms with E-state index in [-0.39, 0.29) is 5.91 Å². The number of nitrogens with zero attached hydrogens (tertiary/aromatic N) is 5. The van der Waals surface area contributed by atoms with E-state index in [0.717, 1.165) is 22.7 Å². The zero-order valence-electron chi connectivity index (χ0n) is 15.3. The van der Waals surface area contributed by atoms with Crippen molar-refractivity contribution in [2.45, 2.75) is 26.9 Å². The Balaban J connectivity index is 1.51. The average Bonchev–Trinajstić information content (AvgIpc) is 3.23. The van der Waals surface area contributed by atoms with Crippen LogP contribution in [0.25, 0.3) is 5.65 Å². The Hall–Kier alpha value is -3.48. The smallest absolute Gasteiger partial charge is 0.253 e. The molecular weight excluding hydrogens is 340 g/mol. The number of rotatable bonds is 5. The summed E-state index contributed by atoms with van der Waals surface area (Å²) in [6, 6.07) is 13.4. The van der Waals surface area contributed by atoms with Crippen molar-refractivity contribution in [2.24, 2.45) is 0 Å². The average molecular weight is 360 g/mol. The molecule has 0 aliphatic carbocycles. The summed E-state index contributed by atoms with van der Waals surface area (Å²) in [5.74, 6) is 0.573. The van der Waals surface area contributed by atoms with Gasteiger partial charge in [0.15, 0.2) is 11.5 Å². The highest BCUT2D eigenvalue weighted by Crippen LogP contribution is 2.17. The SMILES string of the molecule is Cc1cc(C(=O)NCc2nnc3ccccn23)c(C)n1Cc1ccccn1. The summed E-state index contributed by atoms with van der Waals surface area (Å²) >= 11 is 0. The predicted octanol–water partition coefficient (Wildman–Crippen LogP) is 2.52. The quantitative estimate of drug-likeness (QED) is 0.593. The third kappa shape index (κ3) is 3.31. The molecule has 0 bridgehead atoms. The van der Waals surface area contributed by atoms with Crippen LogP contribution in [0.2, 0.25) is 0 Å². The Labute approximate surface area is 156 Å². The summed E-state index contributed by atoms with van der Waals surface area (Å²) in [6.45, 7) is 4.91. The molecule has 0 aromatic carbocycles. The number of aromatic nitrogens is 5. The maximum atomic E-state index is 12.7. The number of hydrogen-bond acceptors (Lipinski definition) is 4. The lowest BCUT2D eigenvalue weighted by molar-refractivity contribution is 0.0949. The first-order valence-electron chi connectivity index (χ1n) is 8.77. The molecule has 0 radical (unpaired) electrons. The van der Waals surface area contributed by atoms with Crippen LogP contribution in [-0.2, 0) is 13.1 Å². The Morgan fingerprint density at radius 3 is 2.78 bits per heavy atom. The van der Waals surface area contributed by atoms with Gasteiger partial charge in [0.2, 0.25) is 0 Å². The van der Waals surface area contributed by atoms with E-state index in [1.54, 1.807) is 6.20 Å². The molecule has 0 saturated carbocycles. The van der Waals surface area contributed by atoms with E-state index in [1.165, 1.54) is 0 Å². The van der Waals surface area contributed by atoms with Crippen molar-refractivity contribution in [2.75, 3.05) is 0 Å². The largest absolute Gasteiger partial charge is 0.345 e. The van der Waals surface area contributed by atoms with Crippen LogP contribution in [0.15, 0.2) is 54.9 Å². The van der Waals surface area contributed by atoms with Crippen molar-refractivity contribution in [1.82, 2.24) is 29.5 Å². The minimum atomic E-state index is -0.122. The number of carbonyl (C=O) groups is 1. The Morgan fingerprint density at radius 1 is 1.11 bits per heavy atom. The van der Waals surface area contributed by atoms with Gasteiger partial charge >= 0.3 is 0 Å². The summed E-state index contributed by atoms with van der Waals surface area (Å²) in [4.78, 5) is 17.1. The zero-order valence-corrected chi connectivity index (χ0v) is 15.3. The van der Waals surface area contributed by atoms with E-state index >= 15 is 0 Å². The molecule has 0 fully saturated rings. The minimum Gasteiger partial charge on any atom is -0.345 e. The molecule has 1 N–H and O–H groups in total. The van der Waals surface area contributed by atoms with E-state index in [0.29, 0.717) is 24.5 Å². The molecule has 0 atom stereocenters. The molecule has 0 aliphatic rings. The molecule has 4 rings (SSSR count). The van der Waals surface area contributed by atoms with Crippen molar-refractivity contribution in [3.8, 4) is 0 Å². The number of nitrogens with one attached hydrogen (secondary N) is 1. The molecule has 4 heterocycles. The number of amides is 1. The van der Waals surface area contributed by atoms with Gasteiger partial charge in [-0.25, -0.2) is 0 Å². The van der Waals surface area contributed by atoms with Gasteiger partial charge in [0.25, 0.3) is 5.91 Å². The van der Waals surface area contributed by atoms with Crippen LogP contribution in [0.3, 0.4) is 0 Å². The van der Waals surface area contributed by atoms with Crippen molar-refractivity contribution in [3.63, 3.8) is 0 Å². The molecule has 7 nitrogen and oxygen atoms in total. The number of pyridine rings is 2. The first-order chi connectivity index (χ1) is 13.1. The highest BCUT2D eigenvalue weighted by molar-refractivity contribution is 5.95. The molecule has 7 heteroatoms. The summed E-state index contributed by atoms with van der Waals surface area (Å²) in [7, 11) is 0. The standard InChI is InChI=1S/C20H20N6O/c1-14-11-17(15(2)26(14)13-16-7-3-5-9-21-16)20(27)22-12-19-24-23-18-8-4-6-10-25(18)19/h3-11H,12-13H2,1-2H3,(H,22,27). The van der Waals surface area contributed by atoms with E-state index in [1.807, 2.05) is 66.9 Å². The van der Waals surface area contributed by atoms with Crippen LogP contribution in [0.5, 0.6) is 0 Å². The molecule has 27 heavy (non-hydrogen) atoms. The summed E-state index contributed by atoms with van der Waals surface area (Å²) in [5.41, 5.74) is 4.33. The summed E-state index contributed by atoms with van der Waals surface area (Å²) in [6.07, 6.45) is 3.66. The first kappa shape index (κ1) is 17.0. The van der Waals surface area contributed by atoms with Crippen LogP contribution in [0.1, 0.15) is 33.3 Å². The maximum Gasteiger partial charge on any atom is 0.253 e.